The highest BCUT2D eigenvalue weighted by Gasteiger charge is 2.20. The first-order valence-corrected chi connectivity index (χ1v) is 8.42. The molecule has 2 rings (SSSR count). The molecule has 2 N–H and O–H groups in total. The summed E-state index contributed by atoms with van der Waals surface area (Å²) in [4.78, 5) is 11.0. The van der Waals surface area contributed by atoms with Gasteiger partial charge in [-0.05, 0) is 42.0 Å². The molecule has 0 amide bonds. The molecule has 0 fully saturated rings. The summed E-state index contributed by atoms with van der Waals surface area (Å²) in [5.74, 6) is -0.0976. The zero-order valence-electron chi connectivity index (χ0n) is 14.2. The van der Waals surface area contributed by atoms with Crippen LogP contribution in [0.5, 0.6) is 11.5 Å². The molecule has 0 bridgehead atoms. The molecule has 0 saturated heterocycles. The second kappa shape index (κ2) is 8.39. The van der Waals surface area contributed by atoms with E-state index in [0.29, 0.717) is 5.56 Å². The van der Waals surface area contributed by atoms with Crippen molar-refractivity contribution in [2.75, 3.05) is 0 Å². The summed E-state index contributed by atoms with van der Waals surface area (Å²) in [6.45, 7) is 4.21. The van der Waals surface area contributed by atoms with Gasteiger partial charge in [-0.25, -0.2) is 4.79 Å². The number of phenolic OH excluding ortho intramolecular Hbond substituents is 1. The number of carboxylic acid groups (broad SMARTS) is 1. The Morgan fingerprint density at radius 1 is 1.08 bits per heavy atom. The maximum Gasteiger partial charge on any atom is 0.511 e. The molecule has 0 spiro atoms. The molecule has 0 unspecified atom stereocenters. The van der Waals surface area contributed by atoms with Crippen LogP contribution in [0.2, 0.25) is 0 Å². The van der Waals surface area contributed by atoms with Crippen LogP contribution >= 0.6 is 0 Å². The molecule has 0 saturated carbocycles. The van der Waals surface area contributed by atoms with E-state index in [1.165, 1.54) is 0 Å². The molecule has 4 heteroatoms. The van der Waals surface area contributed by atoms with Crippen LogP contribution in [0.4, 0.5) is 4.79 Å². The van der Waals surface area contributed by atoms with Gasteiger partial charge in [-0.1, -0.05) is 57.0 Å². The van der Waals surface area contributed by atoms with Crippen molar-refractivity contribution in [1.29, 1.82) is 0 Å². The van der Waals surface area contributed by atoms with Gasteiger partial charge in [-0.15, -0.1) is 0 Å². The summed E-state index contributed by atoms with van der Waals surface area (Å²) in [6, 6.07) is 11.2. The first-order valence-electron chi connectivity index (χ1n) is 8.42. The van der Waals surface area contributed by atoms with Gasteiger partial charge in [0.1, 0.15) is 0 Å². The number of carbonyl (C=O) groups is 1. The first kappa shape index (κ1) is 17.9. The van der Waals surface area contributed by atoms with Crippen LogP contribution in [0, 0.1) is 0 Å². The minimum Gasteiger partial charge on any atom is -0.504 e. The molecular weight excluding hydrogens is 304 g/mol. The molecule has 24 heavy (non-hydrogen) atoms. The third-order valence-electron chi connectivity index (χ3n) is 4.02. The number of rotatable bonds is 7. The smallest absolute Gasteiger partial charge is 0.504 e. The van der Waals surface area contributed by atoms with Crippen molar-refractivity contribution < 1.29 is 19.7 Å². The summed E-state index contributed by atoms with van der Waals surface area (Å²) in [7, 11) is 0. The predicted molar refractivity (Wildman–Crippen MR) is 94.8 cm³/mol. The fraction of sp³-hybridized carbons (Fsp3) is 0.350. The molecule has 2 aromatic rings. The van der Waals surface area contributed by atoms with Gasteiger partial charge >= 0.3 is 6.16 Å². The van der Waals surface area contributed by atoms with Gasteiger partial charge in [0.15, 0.2) is 11.5 Å². The van der Waals surface area contributed by atoms with E-state index in [-0.39, 0.29) is 11.5 Å². The van der Waals surface area contributed by atoms with Crippen molar-refractivity contribution in [1.82, 2.24) is 0 Å². The van der Waals surface area contributed by atoms with Crippen molar-refractivity contribution in [3.63, 3.8) is 0 Å². The summed E-state index contributed by atoms with van der Waals surface area (Å²) in [5.41, 5.74) is 3.67. The molecular formula is C20H24O4. The maximum atomic E-state index is 11.0. The van der Waals surface area contributed by atoms with E-state index in [0.717, 1.165) is 48.8 Å². The number of unbranched alkanes of at least 4 members (excludes halogenated alkanes) is 1. The van der Waals surface area contributed by atoms with E-state index in [9.17, 15) is 9.90 Å². The van der Waals surface area contributed by atoms with E-state index >= 15 is 0 Å². The number of hydrogen-bond donors (Lipinski definition) is 2. The number of benzene rings is 2. The van der Waals surface area contributed by atoms with Crippen molar-refractivity contribution in [3.8, 4) is 22.6 Å². The van der Waals surface area contributed by atoms with Gasteiger partial charge in [0.05, 0.1) is 0 Å². The monoisotopic (exact) mass is 328 g/mol. The first-order chi connectivity index (χ1) is 11.6. The highest BCUT2D eigenvalue weighted by molar-refractivity contribution is 5.79. The predicted octanol–water partition coefficient (Wildman–Crippen LogP) is 5.41. The van der Waals surface area contributed by atoms with E-state index < -0.39 is 6.16 Å². The molecule has 0 aromatic heterocycles. The minimum atomic E-state index is -1.42. The van der Waals surface area contributed by atoms with Crippen LogP contribution in [0.25, 0.3) is 11.1 Å². The van der Waals surface area contributed by atoms with Crippen LogP contribution in [-0.4, -0.2) is 16.4 Å². The van der Waals surface area contributed by atoms with E-state index in [4.69, 9.17) is 9.84 Å². The zero-order valence-corrected chi connectivity index (χ0v) is 14.2. The number of hydrogen-bond acceptors (Lipinski definition) is 3. The van der Waals surface area contributed by atoms with Crippen molar-refractivity contribution in [2.24, 2.45) is 0 Å². The lowest BCUT2D eigenvalue weighted by molar-refractivity contribution is 0.143. The van der Waals surface area contributed by atoms with Crippen LogP contribution in [0.3, 0.4) is 0 Å². The largest absolute Gasteiger partial charge is 0.511 e. The summed E-state index contributed by atoms with van der Waals surface area (Å²) >= 11 is 0. The van der Waals surface area contributed by atoms with Crippen LogP contribution < -0.4 is 4.74 Å². The normalized spacial score (nSPS) is 10.6. The standard InChI is InChI=1S/C20H24O4/c1-3-5-10-15-13-17(24-20(22)23)19(21)18(16(15)9-4-2)14-11-7-6-8-12-14/h6-8,11-13,21H,3-5,9-10H2,1-2H3,(H,22,23). The molecule has 4 nitrogen and oxygen atoms in total. The van der Waals surface area contributed by atoms with Gasteiger partial charge in [0.25, 0.3) is 0 Å². The quantitative estimate of drug-likeness (QED) is 0.526. The SMILES string of the molecule is CCCCc1cc(OC(=O)O)c(O)c(-c2ccccc2)c1CCC. The third-order valence-corrected chi connectivity index (χ3v) is 4.02. The lowest BCUT2D eigenvalue weighted by Gasteiger charge is -2.19. The van der Waals surface area contributed by atoms with E-state index in [1.807, 2.05) is 30.3 Å². The Bertz CT molecular complexity index is 693. The molecule has 0 radical (unpaired) electrons. The molecule has 2 aromatic carbocycles. The van der Waals surface area contributed by atoms with Crippen molar-refractivity contribution >= 4 is 6.16 Å². The third kappa shape index (κ3) is 4.07. The average molecular weight is 328 g/mol. The number of phenols is 1. The Morgan fingerprint density at radius 3 is 2.38 bits per heavy atom. The lowest BCUT2D eigenvalue weighted by atomic mass is 9.89. The Balaban J connectivity index is 2.68. The molecule has 128 valence electrons. The molecule has 0 aliphatic heterocycles. The van der Waals surface area contributed by atoms with Gasteiger partial charge < -0.3 is 14.9 Å². The fourth-order valence-electron chi connectivity index (χ4n) is 2.95. The molecule has 0 heterocycles. The molecule has 0 aliphatic rings. The van der Waals surface area contributed by atoms with Crippen molar-refractivity contribution in [2.45, 2.75) is 46.0 Å². The topological polar surface area (TPSA) is 66.8 Å². The Morgan fingerprint density at radius 2 is 1.79 bits per heavy atom. The molecule has 0 aliphatic carbocycles. The van der Waals surface area contributed by atoms with Gasteiger partial charge in [0.2, 0.25) is 0 Å². The highest BCUT2D eigenvalue weighted by atomic mass is 16.7. The van der Waals surface area contributed by atoms with E-state index in [1.54, 1.807) is 6.07 Å². The van der Waals surface area contributed by atoms with Crippen LogP contribution in [0.1, 0.15) is 44.2 Å². The zero-order chi connectivity index (χ0) is 17.5. The Kier molecular flexibility index (Phi) is 6.24. The van der Waals surface area contributed by atoms with Crippen molar-refractivity contribution in [3.05, 3.63) is 47.5 Å². The second-order valence-electron chi connectivity index (χ2n) is 5.82. The number of ether oxygens (including phenoxy) is 1. The van der Waals surface area contributed by atoms with Crippen LogP contribution in [0.15, 0.2) is 36.4 Å². The average Bonchev–Trinajstić information content (AvgIpc) is 2.57. The van der Waals surface area contributed by atoms with Gasteiger partial charge in [-0.3, -0.25) is 0 Å². The lowest BCUT2D eigenvalue weighted by Crippen LogP contribution is -2.06. The molecule has 0 atom stereocenters. The maximum absolute atomic E-state index is 11.0. The number of aryl methyl sites for hydroxylation is 1. The van der Waals surface area contributed by atoms with Gasteiger partial charge in [0, 0.05) is 5.56 Å². The summed E-state index contributed by atoms with van der Waals surface area (Å²) in [6.07, 6.45) is 3.22. The Hall–Kier alpha value is -2.49. The summed E-state index contributed by atoms with van der Waals surface area (Å²) in [5, 5.41) is 19.6. The summed E-state index contributed by atoms with van der Waals surface area (Å²) < 4.78 is 4.83. The number of aromatic hydroxyl groups is 1. The van der Waals surface area contributed by atoms with Gasteiger partial charge in [-0.2, -0.15) is 0 Å². The Labute approximate surface area is 142 Å². The second-order valence-corrected chi connectivity index (χ2v) is 5.82. The minimum absolute atomic E-state index is 0.00677. The van der Waals surface area contributed by atoms with E-state index in [2.05, 4.69) is 13.8 Å². The fourth-order valence-corrected chi connectivity index (χ4v) is 2.95. The highest BCUT2D eigenvalue weighted by Crippen LogP contribution is 2.43. The van der Waals surface area contributed by atoms with Crippen LogP contribution in [-0.2, 0) is 12.8 Å².